The van der Waals surface area contributed by atoms with Crippen LogP contribution in [0.5, 0.6) is 0 Å². The fourth-order valence-electron chi connectivity index (χ4n) is 1.40. The topological polar surface area (TPSA) is 39.4 Å². The van der Waals surface area contributed by atoms with Crippen molar-refractivity contribution in [2.45, 2.75) is 12.8 Å². The van der Waals surface area contributed by atoms with Crippen molar-refractivity contribution in [2.75, 3.05) is 13.7 Å². The second-order valence-corrected chi connectivity index (χ2v) is 4.10. The molecule has 2 heterocycles. The van der Waals surface area contributed by atoms with E-state index in [1.807, 2.05) is 18.3 Å². The maximum Gasteiger partial charge on any atom is 0.169 e. The second kappa shape index (κ2) is 4.72. The van der Waals surface area contributed by atoms with Crippen LogP contribution >= 0.6 is 15.9 Å². The minimum atomic E-state index is 0.747. The summed E-state index contributed by atoms with van der Waals surface area (Å²) >= 11 is 3.44. The van der Waals surface area contributed by atoms with E-state index in [0.29, 0.717) is 0 Å². The van der Waals surface area contributed by atoms with Crippen LogP contribution in [0.25, 0.3) is 5.65 Å². The van der Waals surface area contributed by atoms with Crippen LogP contribution in [0.4, 0.5) is 0 Å². The summed E-state index contributed by atoms with van der Waals surface area (Å²) in [7, 11) is 1.70. The van der Waals surface area contributed by atoms with Crippen molar-refractivity contribution in [3.63, 3.8) is 0 Å². The number of halogens is 1. The second-order valence-electron chi connectivity index (χ2n) is 3.25. The smallest absolute Gasteiger partial charge is 0.169 e. The van der Waals surface area contributed by atoms with Crippen LogP contribution in [0.1, 0.15) is 12.2 Å². The molecule has 0 aliphatic heterocycles. The molecule has 0 N–H and O–H groups in total. The predicted octanol–water partition coefficient (Wildman–Crippen LogP) is 2.07. The van der Waals surface area contributed by atoms with E-state index in [0.717, 1.165) is 35.4 Å². The van der Waals surface area contributed by atoms with Gasteiger partial charge in [0.05, 0.1) is 4.47 Å². The van der Waals surface area contributed by atoms with Crippen LogP contribution in [0, 0.1) is 0 Å². The average molecular weight is 270 g/mol. The molecule has 2 aromatic rings. The van der Waals surface area contributed by atoms with E-state index in [2.05, 4.69) is 26.0 Å². The van der Waals surface area contributed by atoms with Crippen molar-refractivity contribution in [3.05, 3.63) is 28.6 Å². The van der Waals surface area contributed by atoms with Crippen molar-refractivity contribution in [1.82, 2.24) is 14.6 Å². The van der Waals surface area contributed by atoms with Gasteiger partial charge in [-0.25, -0.2) is 9.50 Å². The highest BCUT2D eigenvalue weighted by atomic mass is 79.9. The molecule has 0 atom stereocenters. The van der Waals surface area contributed by atoms with Gasteiger partial charge in [0.2, 0.25) is 0 Å². The molecule has 0 spiro atoms. The van der Waals surface area contributed by atoms with Crippen molar-refractivity contribution in [1.29, 1.82) is 0 Å². The van der Waals surface area contributed by atoms with E-state index in [9.17, 15) is 0 Å². The third-order valence-corrected chi connectivity index (χ3v) is 2.73. The summed E-state index contributed by atoms with van der Waals surface area (Å²) in [6.07, 6.45) is 3.69. The number of nitrogens with zero attached hydrogens (tertiary/aromatic N) is 3. The third-order valence-electron chi connectivity index (χ3n) is 2.11. The maximum atomic E-state index is 4.99. The Morgan fingerprint density at radius 2 is 2.40 bits per heavy atom. The van der Waals surface area contributed by atoms with Crippen LogP contribution in [0.15, 0.2) is 22.8 Å². The molecule has 0 saturated heterocycles. The number of pyridine rings is 1. The first-order valence-corrected chi connectivity index (χ1v) is 5.59. The first-order valence-electron chi connectivity index (χ1n) is 4.80. The molecule has 15 heavy (non-hydrogen) atoms. The summed E-state index contributed by atoms with van der Waals surface area (Å²) in [6.45, 7) is 0.747. The van der Waals surface area contributed by atoms with Crippen LogP contribution in [0.3, 0.4) is 0 Å². The Morgan fingerprint density at radius 1 is 1.53 bits per heavy atom. The third kappa shape index (κ3) is 2.35. The Balaban J connectivity index is 2.20. The van der Waals surface area contributed by atoms with Crippen molar-refractivity contribution in [3.8, 4) is 0 Å². The van der Waals surface area contributed by atoms with E-state index in [-0.39, 0.29) is 0 Å². The summed E-state index contributed by atoms with van der Waals surface area (Å²) in [5.74, 6) is 0.860. The van der Waals surface area contributed by atoms with E-state index in [4.69, 9.17) is 4.74 Å². The van der Waals surface area contributed by atoms with E-state index in [1.54, 1.807) is 11.6 Å². The van der Waals surface area contributed by atoms with Crippen LogP contribution in [0.2, 0.25) is 0 Å². The largest absolute Gasteiger partial charge is 0.385 e. The molecule has 5 heteroatoms. The van der Waals surface area contributed by atoms with Crippen molar-refractivity contribution >= 4 is 21.6 Å². The quantitative estimate of drug-likeness (QED) is 0.798. The van der Waals surface area contributed by atoms with Crippen LogP contribution in [-0.2, 0) is 11.2 Å². The fourth-order valence-corrected chi connectivity index (χ4v) is 1.82. The highest BCUT2D eigenvalue weighted by Crippen LogP contribution is 2.15. The normalized spacial score (nSPS) is 11.1. The van der Waals surface area contributed by atoms with Gasteiger partial charge in [-0.2, -0.15) is 5.10 Å². The van der Waals surface area contributed by atoms with E-state index >= 15 is 0 Å². The SMILES string of the molecule is COCCCc1nc2c(Br)cccn2n1. The van der Waals surface area contributed by atoms with Gasteiger partial charge in [-0.15, -0.1) is 0 Å². The van der Waals surface area contributed by atoms with Gasteiger partial charge in [-0.05, 0) is 34.5 Å². The number of methoxy groups -OCH3 is 1. The number of hydrogen-bond donors (Lipinski definition) is 0. The Bertz CT molecular complexity index is 455. The summed E-state index contributed by atoms with van der Waals surface area (Å²) in [4.78, 5) is 4.43. The molecule has 4 nitrogen and oxygen atoms in total. The Labute approximate surface area is 96.4 Å². The van der Waals surface area contributed by atoms with Crippen LogP contribution in [-0.4, -0.2) is 28.3 Å². The number of aryl methyl sites for hydroxylation is 1. The molecule has 0 aromatic carbocycles. The van der Waals surface area contributed by atoms with Crippen molar-refractivity contribution < 1.29 is 4.74 Å². The fraction of sp³-hybridized carbons (Fsp3) is 0.400. The lowest BCUT2D eigenvalue weighted by molar-refractivity contribution is 0.194. The Kier molecular flexibility index (Phi) is 3.33. The van der Waals surface area contributed by atoms with Gasteiger partial charge in [-0.1, -0.05) is 0 Å². The molecule has 0 aliphatic rings. The number of aromatic nitrogens is 3. The van der Waals surface area contributed by atoms with Crippen molar-refractivity contribution in [2.24, 2.45) is 0 Å². The van der Waals surface area contributed by atoms with Gasteiger partial charge in [-0.3, -0.25) is 0 Å². The molecule has 2 rings (SSSR count). The lowest BCUT2D eigenvalue weighted by atomic mass is 10.3. The summed E-state index contributed by atoms with van der Waals surface area (Å²) in [5.41, 5.74) is 0.866. The van der Waals surface area contributed by atoms with Gasteiger partial charge in [0.1, 0.15) is 0 Å². The lowest BCUT2D eigenvalue weighted by Gasteiger charge is -1.93. The minimum absolute atomic E-state index is 0.747. The molecule has 0 amide bonds. The summed E-state index contributed by atoms with van der Waals surface area (Å²) in [6, 6.07) is 3.90. The van der Waals surface area contributed by atoms with Gasteiger partial charge in [0.15, 0.2) is 11.5 Å². The van der Waals surface area contributed by atoms with E-state index in [1.165, 1.54) is 0 Å². The standard InChI is InChI=1S/C10H12BrN3O/c1-15-7-3-5-9-12-10-8(11)4-2-6-14(10)13-9/h2,4,6H,3,5,7H2,1H3. The summed E-state index contributed by atoms with van der Waals surface area (Å²) in [5, 5.41) is 4.37. The molecule has 0 unspecified atom stereocenters. The number of ether oxygens (including phenoxy) is 1. The molecule has 0 saturated carbocycles. The number of rotatable bonds is 4. The monoisotopic (exact) mass is 269 g/mol. The molecule has 0 aliphatic carbocycles. The van der Waals surface area contributed by atoms with Gasteiger partial charge < -0.3 is 4.74 Å². The van der Waals surface area contributed by atoms with Gasteiger partial charge >= 0.3 is 0 Å². The van der Waals surface area contributed by atoms with E-state index < -0.39 is 0 Å². The first kappa shape index (κ1) is 10.6. The zero-order valence-corrected chi connectivity index (χ0v) is 10.1. The number of hydrogen-bond acceptors (Lipinski definition) is 3. The van der Waals surface area contributed by atoms with Crippen LogP contribution < -0.4 is 0 Å². The highest BCUT2D eigenvalue weighted by molar-refractivity contribution is 9.10. The zero-order valence-electron chi connectivity index (χ0n) is 8.48. The van der Waals surface area contributed by atoms with Gasteiger partial charge in [0, 0.05) is 26.3 Å². The maximum absolute atomic E-state index is 4.99. The molecular formula is C10H12BrN3O. The summed E-state index contributed by atoms with van der Waals surface area (Å²) < 4.78 is 7.74. The molecule has 2 aromatic heterocycles. The Hall–Kier alpha value is -0.940. The molecule has 0 bridgehead atoms. The Morgan fingerprint density at radius 3 is 3.13 bits per heavy atom. The average Bonchev–Trinajstić information content (AvgIpc) is 2.63. The minimum Gasteiger partial charge on any atom is -0.385 e. The molecule has 0 fully saturated rings. The first-order chi connectivity index (χ1) is 7.31. The zero-order chi connectivity index (χ0) is 10.7. The molecule has 80 valence electrons. The lowest BCUT2D eigenvalue weighted by Crippen LogP contribution is -1.94. The number of fused-ring (bicyclic) bond motifs is 1. The molecular weight excluding hydrogens is 258 g/mol. The predicted molar refractivity (Wildman–Crippen MR) is 60.9 cm³/mol. The molecule has 0 radical (unpaired) electrons. The highest BCUT2D eigenvalue weighted by Gasteiger charge is 2.05. The van der Waals surface area contributed by atoms with Gasteiger partial charge in [0.25, 0.3) is 0 Å².